The summed E-state index contributed by atoms with van der Waals surface area (Å²) in [6.07, 6.45) is 1.59. The van der Waals surface area contributed by atoms with Gasteiger partial charge in [0.1, 0.15) is 0 Å². The number of fused-ring (bicyclic) bond motifs is 2. The van der Waals surface area contributed by atoms with E-state index in [2.05, 4.69) is 10.3 Å². The first-order chi connectivity index (χ1) is 14.6. The molecule has 0 saturated carbocycles. The van der Waals surface area contributed by atoms with E-state index in [1.807, 2.05) is 47.9 Å². The van der Waals surface area contributed by atoms with Crippen LogP contribution in [0.4, 0.5) is 11.6 Å². The first kappa shape index (κ1) is 20.1. The Bertz CT molecular complexity index is 1090. The Morgan fingerprint density at radius 3 is 2.83 bits per heavy atom. The molecule has 2 amide bonds. The van der Waals surface area contributed by atoms with Crippen LogP contribution in [0.15, 0.2) is 42.5 Å². The number of hydrogen-bond acceptors (Lipinski definition) is 4. The summed E-state index contributed by atoms with van der Waals surface area (Å²) in [5, 5.41) is 2.97. The van der Waals surface area contributed by atoms with Gasteiger partial charge in [0, 0.05) is 44.5 Å². The molecule has 0 fully saturated rings. The highest BCUT2D eigenvalue weighted by atomic mass is 16.5. The Balaban J connectivity index is 1.56. The van der Waals surface area contributed by atoms with E-state index in [0.717, 1.165) is 35.1 Å². The van der Waals surface area contributed by atoms with Gasteiger partial charge < -0.3 is 14.2 Å². The van der Waals surface area contributed by atoms with Gasteiger partial charge in [-0.2, -0.15) is 0 Å². The highest BCUT2D eigenvalue weighted by Crippen LogP contribution is 2.29. The molecule has 7 nitrogen and oxygen atoms in total. The van der Waals surface area contributed by atoms with Crippen LogP contribution in [0.1, 0.15) is 36.2 Å². The van der Waals surface area contributed by atoms with Crippen LogP contribution in [-0.4, -0.2) is 41.1 Å². The molecule has 0 aliphatic carbocycles. The van der Waals surface area contributed by atoms with Crippen LogP contribution in [0.2, 0.25) is 0 Å². The average Bonchev–Trinajstić information content (AvgIpc) is 3.32. The molecule has 7 heteroatoms. The summed E-state index contributed by atoms with van der Waals surface area (Å²) < 4.78 is 7.48. The predicted molar refractivity (Wildman–Crippen MR) is 117 cm³/mol. The number of amides is 2. The highest BCUT2D eigenvalue weighted by Gasteiger charge is 2.23. The van der Waals surface area contributed by atoms with Crippen molar-refractivity contribution in [2.45, 2.75) is 33.2 Å². The van der Waals surface area contributed by atoms with Gasteiger partial charge in [-0.3, -0.25) is 14.9 Å². The molecule has 1 N–H and O–H groups in total. The Morgan fingerprint density at radius 1 is 1.20 bits per heavy atom. The number of para-hydroxylation sites is 2. The van der Waals surface area contributed by atoms with Crippen LogP contribution in [0.5, 0.6) is 0 Å². The van der Waals surface area contributed by atoms with E-state index >= 15 is 0 Å². The lowest BCUT2D eigenvalue weighted by Gasteiger charge is -2.15. The van der Waals surface area contributed by atoms with E-state index in [-0.39, 0.29) is 11.8 Å². The monoisotopic (exact) mass is 406 g/mol. The number of hydrogen-bond donors (Lipinski definition) is 1. The van der Waals surface area contributed by atoms with E-state index in [9.17, 15) is 9.59 Å². The first-order valence-electron chi connectivity index (χ1n) is 10.3. The molecule has 30 heavy (non-hydrogen) atoms. The third-order valence-electron chi connectivity index (χ3n) is 5.37. The van der Waals surface area contributed by atoms with Crippen LogP contribution >= 0.6 is 0 Å². The molecule has 156 valence electrons. The Hall–Kier alpha value is -3.19. The number of nitrogens with zero attached hydrogens (tertiary/aromatic N) is 3. The summed E-state index contributed by atoms with van der Waals surface area (Å²) in [4.78, 5) is 31.1. The van der Waals surface area contributed by atoms with Crippen LogP contribution in [0.3, 0.4) is 0 Å². The zero-order chi connectivity index (χ0) is 21.1. The van der Waals surface area contributed by atoms with Gasteiger partial charge in [0.2, 0.25) is 11.9 Å². The maximum absolute atomic E-state index is 13.0. The zero-order valence-corrected chi connectivity index (χ0v) is 17.4. The summed E-state index contributed by atoms with van der Waals surface area (Å²) in [5.41, 5.74) is 4.29. The molecule has 0 unspecified atom stereocenters. The number of aryl methyl sites for hydroxylation is 1. The maximum atomic E-state index is 13.0. The number of anilines is 2. The largest absolute Gasteiger partial charge is 0.382 e. The van der Waals surface area contributed by atoms with Gasteiger partial charge in [-0.1, -0.05) is 12.1 Å². The topological polar surface area (TPSA) is 76.5 Å². The van der Waals surface area contributed by atoms with Gasteiger partial charge in [-0.25, -0.2) is 4.98 Å². The standard InChI is InChI=1S/C23H26N4O3/c1-3-30-14-6-12-27-21-8-5-4-7-19(21)24-23(27)25-22(29)18-9-10-20-17(15-18)11-13-26(20)16(2)28/h4-5,7-10,15H,3,6,11-14H2,1-2H3,(H,24,25,29). The van der Waals surface area contributed by atoms with Crippen LogP contribution in [0.25, 0.3) is 11.0 Å². The van der Waals surface area contributed by atoms with Crippen molar-refractivity contribution in [2.24, 2.45) is 0 Å². The summed E-state index contributed by atoms with van der Waals surface area (Å²) >= 11 is 0. The van der Waals surface area contributed by atoms with E-state index in [1.165, 1.54) is 0 Å². The van der Waals surface area contributed by atoms with Crippen LogP contribution < -0.4 is 10.2 Å². The number of aromatic nitrogens is 2. The molecule has 2 heterocycles. The Labute approximate surface area is 175 Å². The molecular weight excluding hydrogens is 380 g/mol. The maximum Gasteiger partial charge on any atom is 0.257 e. The number of carbonyl (C=O) groups is 2. The molecule has 1 aliphatic heterocycles. The minimum absolute atomic E-state index is 0.0201. The average molecular weight is 406 g/mol. The number of rotatable bonds is 7. The van der Waals surface area contributed by atoms with Gasteiger partial charge in [0.15, 0.2) is 0 Å². The summed E-state index contributed by atoms with van der Waals surface area (Å²) in [6, 6.07) is 13.3. The second-order valence-corrected chi connectivity index (χ2v) is 7.34. The Morgan fingerprint density at radius 2 is 2.03 bits per heavy atom. The number of benzene rings is 2. The quantitative estimate of drug-likeness (QED) is 0.608. The van der Waals surface area contributed by atoms with Crippen molar-refractivity contribution < 1.29 is 14.3 Å². The van der Waals surface area contributed by atoms with Crippen LogP contribution in [-0.2, 0) is 22.5 Å². The van der Waals surface area contributed by atoms with Crippen molar-refractivity contribution in [1.29, 1.82) is 0 Å². The number of nitrogens with one attached hydrogen (secondary N) is 1. The highest BCUT2D eigenvalue weighted by molar-refractivity contribution is 6.05. The molecular formula is C23H26N4O3. The number of ether oxygens (including phenoxy) is 1. The SMILES string of the molecule is CCOCCCn1c(NC(=O)c2ccc3c(c2)CCN3C(C)=O)nc2ccccc21. The van der Waals surface area contributed by atoms with E-state index in [1.54, 1.807) is 17.9 Å². The molecule has 1 aromatic heterocycles. The van der Waals surface area contributed by atoms with Crippen molar-refractivity contribution in [1.82, 2.24) is 9.55 Å². The molecule has 0 atom stereocenters. The fourth-order valence-corrected chi connectivity index (χ4v) is 3.91. The van der Waals surface area contributed by atoms with Crippen molar-refractivity contribution in [2.75, 3.05) is 30.0 Å². The Kier molecular flexibility index (Phi) is 5.81. The third kappa shape index (κ3) is 3.93. The van der Waals surface area contributed by atoms with Gasteiger partial charge in [-0.15, -0.1) is 0 Å². The van der Waals surface area contributed by atoms with Gasteiger partial charge in [0.25, 0.3) is 5.91 Å². The molecule has 4 rings (SSSR count). The van der Waals surface area contributed by atoms with Gasteiger partial charge in [-0.05, 0) is 55.7 Å². The normalized spacial score (nSPS) is 12.9. The van der Waals surface area contributed by atoms with Gasteiger partial charge in [0.05, 0.1) is 11.0 Å². The zero-order valence-electron chi connectivity index (χ0n) is 17.4. The van der Waals surface area contributed by atoms with E-state index < -0.39 is 0 Å². The van der Waals surface area contributed by atoms with Crippen molar-refractivity contribution in [3.8, 4) is 0 Å². The predicted octanol–water partition coefficient (Wildman–Crippen LogP) is 3.62. The second-order valence-electron chi connectivity index (χ2n) is 7.34. The summed E-state index contributed by atoms with van der Waals surface area (Å²) in [7, 11) is 0. The molecule has 3 aromatic rings. The molecule has 0 saturated heterocycles. The number of carbonyl (C=O) groups excluding carboxylic acids is 2. The number of imidazole rings is 1. The molecule has 0 radical (unpaired) electrons. The van der Waals surface area contributed by atoms with Gasteiger partial charge >= 0.3 is 0 Å². The molecule has 1 aliphatic rings. The lowest BCUT2D eigenvalue weighted by Crippen LogP contribution is -2.25. The summed E-state index contributed by atoms with van der Waals surface area (Å²) in [5.74, 6) is 0.343. The smallest absolute Gasteiger partial charge is 0.257 e. The van der Waals surface area contributed by atoms with Crippen molar-refractivity contribution >= 4 is 34.5 Å². The van der Waals surface area contributed by atoms with Crippen molar-refractivity contribution in [3.63, 3.8) is 0 Å². The molecule has 2 aromatic carbocycles. The minimum atomic E-state index is -0.208. The second kappa shape index (κ2) is 8.67. The fourth-order valence-electron chi connectivity index (χ4n) is 3.91. The fraction of sp³-hybridized carbons (Fsp3) is 0.348. The van der Waals surface area contributed by atoms with E-state index in [0.29, 0.717) is 37.8 Å². The third-order valence-corrected chi connectivity index (χ3v) is 5.37. The van der Waals surface area contributed by atoms with Crippen molar-refractivity contribution in [3.05, 3.63) is 53.6 Å². The minimum Gasteiger partial charge on any atom is -0.382 e. The first-order valence-corrected chi connectivity index (χ1v) is 10.3. The van der Waals surface area contributed by atoms with Crippen LogP contribution in [0, 0.1) is 0 Å². The lowest BCUT2D eigenvalue weighted by atomic mass is 10.1. The summed E-state index contributed by atoms with van der Waals surface area (Å²) in [6.45, 7) is 6.25. The lowest BCUT2D eigenvalue weighted by molar-refractivity contribution is -0.116. The molecule has 0 spiro atoms. The molecule has 0 bridgehead atoms. The van der Waals surface area contributed by atoms with E-state index in [4.69, 9.17) is 4.74 Å².